The van der Waals surface area contributed by atoms with Crippen LogP contribution in [0.1, 0.15) is 31.0 Å². The smallest absolute Gasteiger partial charge is 0.154 e. The minimum atomic E-state index is 0.376. The van der Waals surface area contributed by atoms with Gasteiger partial charge in [0.05, 0.1) is 35.7 Å². The summed E-state index contributed by atoms with van der Waals surface area (Å²) < 4.78 is 1.87. The maximum Gasteiger partial charge on any atom is 0.154 e. The van der Waals surface area contributed by atoms with E-state index in [1.54, 1.807) is 12.4 Å². The van der Waals surface area contributed by atoms with Crippen LogP contribution in [0.2, 0.25) is 0 Å². The molecular weight excluding hydrogens is 400 g/mol. The maximum absolute atomic E-state index is 4.73. The van der Waals surface area contributed by atoms with Crippen LogP contribution in [-0.2, 0) is 6.54 Å². The van der Waals surface area contributed by atoms with Crippen molar-refractivity contribution in [1.29, 1.82) is 0 Å². The third kappa shape index (κ3) is 4.29. The van der Waals surface area contributed by atoms with Gasteiger partial charge in [0.15, 0.2) is 5.82 Å². The SMILES string of the molecule is CC(C)c1cnnc(Nc2ccc3ncc(-c4cnn(Cc5ccccn5)c4)cc3n2)c1. The Balaban J connectivity index is 1.40. The highest BCUT2D eigenvalue weighted by molar-refractivity contribution is 5.81. The lowest BCUT2D eigenvalue weighted by molar-refractivity contribution is 0.673. The van der Waals surface area contributed by atoms with Gasteiger partial charge in [-0.15, -0.1) is 5.10 Å². The number of fused-ring (bicyclic) bond motifs is 1. The van der Waals surface area contributed by atoms with Crippen molar-refractivity contribution in [3.8, 4) is 11.1 Å². The van der Waals surface area contributed by atoms with Gasteiger partial charge < -0.3 is 5.32 Å². The number of nitrogens with zero attached hydrogens (tertiary/aromatic N) is 7. The summed E-state index contributed by atoms with van der Waals surface area (Å²) in [6, 6.07) is 13.7. The van der Waals surface area contributed by atoms with E-state index < -0.39 is 0 Å². The molecule has 0 aliphatic carbocycles. The Morgan fingerprint density at radius 3 is 2.69 bits per heavy atom. The average Bonchev–Trinajstić information content (AvgIpc) is 3.28. The predicted molar refractivity (Wildman–Crippen MR) is 124 cm³/mol. The third-order valence-electron chi connectivity index (χ3n) is 5.15. The quantitative estimate of drug-likeness (QED) is 0.427. The number of hydrogen-bond acceptors (Lipinski definition) is 7. The Labute approximate surface area is 185 Å². The topological polar surface area (TPSA) is 94.3 Å². The van der Waals surface area contributed by atoms with Gasteiger partial charge in [-0.1, -0.05) is 19.9 Å². The van der Waals surface area contributed by atoms with E-state index in [0.717, 1.165) is 33.4 Å². The molecule has 32 heavy (non-hydrogen) atoms. The molecule has 0 spiro atoms. The van der Waals surface area contributed by atoms with Crippen LogP contribution in [0.15, 0.2) is 73.4 Å². The maximum atomic E-state index is 4.73. The molecule has 5 rings (SSSR count). The molecule has 0 aliphatic rings. The van der Waals surface area contributed by atoms with E-state index in [-0.39, 0.29) is 0 Å². The van der Waals surface area contributed by atoms with Crippen molar-refractivity contribution in [2.45, 2.75) is 26.3 Å². The highest BCUT2D eigenvalue weighted by Crippen LogP contribution is 2.24. The zero-order chi connectivity index (χ0) is 21.9. The lowest BCUT2D eigenvalue weighted by Crippen LogP contribution is -2.01. The van der Waals surface area contributed by atoms with E-state index in [1.165, 1.54) is 0 Å². The van der Waals surface area contributed by atoms with Gasteiger partial charge in [0, 0.05) is 29.7 Å². The molecule has 0 saturated heterocycles. The van der Waals surface area contributed by atoms with E-state index in [1.807, 2.05) is 65.7 Å². The lowest BCUT2D eigenvalue weighted by atomic mass is 10.1. The van der Waals surface area contributed by atoms with Crippen LogP contribution in [0.3, 0.4) is 0 Å². The summed E-state index contributed by atoms with van der Waals surface area (Å²) >= 11 is 0. The number of anilines is 2. The van der Waals surface area contributed by atoms with E-state index in [0.29, 0.717) is 24.1 Å². The highest BCUT2D eigenvalue weighted by atomic mass is 15.3. The molecule has 5 aromatic heterocycles. The van der Waals surface area contributed by atoms with Gasteiger partial charge >= 0.3 is 0 Å². The number of hydrogen-bond donors (Lipinski definition) is 1. The molecule has 0 atom stereocenters. The summed E-state index contributed by atoms with van der Waals surface area (Å²) in [6.07, 6.45) is 9.24. The number of aromatic nitrogens is 7. The average molecular weight is 422 g/mol. The molecule has 8 heteroatoms. The van der Waals surface area contributed by atoms with Gasteiger partial charge in [-0.3, -0.25) is 14.6 Å². The van der Waals surface area contributed by atoms with E-state index in [4.69, 9.17) is 4.98 Å². The van der Waals surface area contributed by atoms with Gasteiger partial charge in [0.25, 0.3) is 0 Å². The molecule has 0 fully saturated rings. The van der Waals surface area contributed by atoms with Gasteiger partial charge in [-0.2, -0.15) is 10.2 Å². The molecule has 8 nitrogen and oxygen atoms in total. The lowest BCUT2D eigenvalue weighted by Gasteiger charge is -2.09. The van der Waals surface area contributed by atoms with Gasteiger partial charge in [-0.25, -0.2) is 4.98 Å². The third-order valence-corrected chi connectivity index (χ3v) is 5.15. The second-order valence-corrected chi connectivity index (χ2v) is 7.86. The number of nitrogens with one attached hydrogen (secondary N) is 1. The fraction of sp³-hybridized carbons (Fsp3) is 0.167. The normalized spacial score (nSPS) is 11.2. The molecule has 5 heterocycles. The second-order valence-electron chi connectivity index (χ2n) is 7.86. The Morgan fingerprint density at radius 2 is 1.84 bits per heavy atom. The molecule has 0 unspecified atom stereocenters. The van der Waals surface area contributed by atoms with E-state index >= 15 is 0 Å². The minimum Gasteiger partial charge on any atom is -0.323 e. The van der Waals surface area contributed by atoms with Crippen LogP contribution in [-0.4, -0.2) is 34.9 Å². The summed E-state index contributed by atoms with van der Waals surface area (Å²) in [6.45, 7) is 4.87. The second kappa shape index (κ2) is 8.50. The van der Waals surface area contributed by atoms with Crippen LogP contribution in [0.5, 0.6) is 0 Å². The monoisotopic (exact) mass is 422 g/mol. The fourth-order valence-corrected chi connectivity index (χ4v) is 3.38. The predicted octanol–water partition coefficient (Wildman–Crippen LogP) is 4.59. The van der Waals surface area contributed by atoms with Crippen molar-refractivity contribution >= 4 is 22.7 Å². The van der Waals surface area contributed by atoms with Crippen molar-refractivity contribution in [2.24, 2.45) is 0 Å². The molecule has 1 N–H and O–H groups in total. The first-order valence-electron chi connectivity index (χ1n) is 10.4. The van der Waals surface area contributed by atoms with Crippen LogP contribution < -0.4 is 5.32 Å². The summed E-state index contributed by atoms with van der Waals surface area (Å²) in [7, 11) is 0. The summed E-state index contributed by atoms with van der Waals surface area (Å²) in [4.78, 5) is 13.7. The summed E-state index contributed by atoms with van der Waals surface area (Å²) in [5.41, 5.74) is 5.62. The van der Waals surface area contributed by atoms with Gasteiger partial charge in [-0.05, 0) is 47.9 Å². The zero-order valence-corrected chi connectivity index (χ0v) is 17.8. The summed E-state index contributed by atoms with van der Waals surface area (Å²) in [5.74, 6) is 1.74. The Hall–Kier alpha value is -4.20. The van der Waals surface area contributed by atoms with Crippen molar-refractivity contribution in [2.75, 3.05) is 5.32 Å². The van der Waals surface area contributed by atoms with Crippen LogP contribution in [0, 0.1) is 0 Å². The number of pyridine rings is 3. The standard InChI is InChI=1S/C24H22N8/c1-16(2)17-10-24(31-27-12-17)30-23-7-6-21-22(29-23)9-18(11-26-21)19-13-28-32(14-19)15-20-5-3-4-8-25-20/h3-14,16H,15H2,1-2H3,(H,29,30,31). The first kappa shape index (κ1) is 19.7. The van der Waals surface area contributed by atoms with Crippen LogP contribution in [0.4, 0.5) is 11.6 Å². The van der Waals surface area contributed by atoms with Crippen LogP contribution >= 0.6 is 0 Å². The summed E-state index contributed by atoms with van der Waals surface area (Å²) in [5, 5.41) is 16.0. The zero-order valence-electron chi connectivity index (χ0n) is 17.8. The van der Waals surface area contributed by atoms with E-state index in [9.17, 15) is 0 Å². The van der Waals surface area contributed by atoms with Crippen molar-refractivity contribution in [1.82, 2.24) is 34.9 Å². The molecule has 0 saturated carbocycles. The van der Waals surface area contributed by atoms with Crippen molar-refractivity contribution in [3.63, 3.8) is 0 Å². The van der Waals surface area contributed by atoms with Crippen molar-refractivity contribution < 1.29 is 0 Å². The molecule has 0 amide bonds. The Morgan fingerprint density at radius 1 is 0.906 bits per heavy atom. The molecule has 0 aromatic carbocycles. The fourth-order valence-electron chi connectivity index (χ4n) is 3.38. The molecule has 0 aliphatic heterocycles. The van der Waals surface area contributed by atoms with Crippen molar-refractivity contribution in [3.05, 3.63) is 84.7 Å². The first-order valence-corrected chi connectivity index (χ1v) is 10.4. The van der Waals surface area contributed by atoms with Gasteiger partial charge in [0.1, 0.15) is 5.82 Å². The van der Waals surface area contributed by atoms with Gasteiger partial charge in [0.2, 0.25) is 0 Å². The first-order chi connectivity index (χ1) is 15.6. The molecule has 0 bridgehead atoms. The van der Waals surface area contributed by atoms with Crippen LogP contribution in [0.25, 0.3) is 22.2 Å². The minimum absolute atomic E-state index is 0.376. The Kier molecular flexibility index (Phi) is 5.25. The number of rotatable bonds is 6. The Bertz CT molecular complexity index is 1360. The highest BCUT2D eigenvalue weighted by Gasteiger charge is 2.08. The van der Waals surface area contributed by atoms with E-state index in [2.05, 4.69) is 44.4 Å². The largest absolute Gasteiger partial charge is 0.323 e. The molecule has 158 valence electrons. The molecule has 0 radical (unpaired) electrons. The molecular formula is C24H22N8. The molecule has 5 aromatic rings.